The molecule has 1 aliphatic heterocycles. The molecule has 10 heteroatoms. The third-order valence-corrected chi connectivity index (χ3v) is 5.79. The van der Waals surface area contributed by atoms with Gasteiger partial charge in [-0.3, -0.25) is 10.1 Å². The SMILES string of the molecule is CCCN(C1CCNC1)S(=O)(=O)c1ccc([N+](=O)[O-])c(OC)c1.Cl. The molecule has 0 radical (unpaired) electrons. The molecule has 1 unspecified atom stereocenters. The van der Waals surface area contributed by atoms with Crippen molar-refractivity contribution in [1.29, 1.82) is 0 Å². The summed E-state index contributed by atoms with van der Waals surface area (Å²) >= 11 is 0. The van der Waals surface area contributed by atoms with E-state index in [-0.39, 0.29) is 34.8 Å². The van der Waals surface area contributed by atoms with E-state index in [1.807, 2.05) is 6.92 Å². The topological polar surface area (TPSA) is 102 Å². The zero-order valence-corrected chi connectivity index (χ0v) is 15.2. The van der Waals surface area contributed by atoms with Gasteiger partial charge in [0.2, 0.25) is 10.0 Å². The van der Waals surface area contributed by atoms with Gasteiger partial charge in [-0.1, -0.05) is 6.92 Å². The van der Waals surface area contributed by atoms with Crippen LogP contribution < -0.4 is 10.1 Å². The predicted octanol–water partition coefficient (Wildman–Crippen LogP) is 1.79. The van der Waals surface area contributed by atoms with Crippen molar-refractivity contribution < 1.29 is 18.1 Å². The molecule has 0 amide bonds. The second-order valence-corrected chi connectivity index (χ2v) is 7.24. The highest BCUT2D eigenvalue weighted by atomic mass is 35.5. The highest BCUT2D eigenvalue weighted by Crippen LogP contribution is 2.31. The summed E-state index contributed by atoms with van der Waals surface area (Å²) in [4.78, 5) is 10.4. The fourth-order valence-corrected chi connectivity index (χ4v) is 4.47. The second kappa shape index (κ2) is 8.61. The standard InChI is InChI=1S/C14H21N3O5S.ClH/c1-3-8-16(11-6-7-15-10-11)23(20,21)12-4-5-13(17(18)19)14(9-12)22-2;/h4-5,9,11,15H,3,6-8,10H2,1-2H3;1H. The summed E-state index contributed by atoms with van der Waals surface area (Å²) in [6.45, 7) is 3.72. The number of nitro groups is 1. The molecule has 1 N–H and O–H groups in total. The van der Waals surface area contributed by atoms with E-state index in [1.54, 1.807) is 0 Å². The van der Waals surface area contributed by atoms with Gasteiger partial charge in [0, 0.05) is 31.3 Å². The average Bonchev–Trinajstić information content (AvgIpc) is 3.05. The lowest BCUT2D eigenvalue weighted by molar-refractivity contribution is -0.385. The van der Waals surface area contributed by atoms with Crippen LogP contribution in [0.2, 0.25) is 0 Å². The van der Waals surface area contributed by atoms with Gasteiger partial charge < -0.3 is 10.1 Å². The molecule has 0 saturated carbocycles. The number of methoxy groups -OCH3 is 1. The molecule has 0 bridgehead atoms. The molecule has 136 valence electrons. The summed E-state index contributed by atoms with van der Waals surface area (Å²) < 4.78 is 32.3. The lowest BCUT2D eigenvalue weighted by atomic mass is 10.2. The lowest BCUT2D eigenvalue weighted by Crippen LogP contribution is -2.42. The van der Waals surface area contributed by atoms with Crippen LogP contribution in [0.5, 0.6) is 5.75 Å². The van der Waals surface area contributed by atoms with Crippen LogP contribution in [-0.2, 0) is 10.0 Å². The van der Waals surface area contributed by atoms with Crippen LogP contribution >= 0.6 is 12.4 Å². The molecule has 1 aliphatic rings. The number of nitro benzene ring substituents is 1. The number of benzene rings is 1. The minimum Gasteiger partial charge on any atom is -0.490 e. The average molecular weight is 380 g/mol. The molecule has 0 aromatic heterocycles. The fraction of sp³-hybridized carbons (Fsp3) is 0.571. The molecule has 2 rings (SSSR count). The number of hydrogen-bond acceptors (Lipinski definition) is 6. The van der Waals surface area contributed by atoms with Crippen molar-refractivity contribution in [3.05, 3.63) is 28.3 Å². The highest BCUT2D eigenvalue weighted by Gasteiger charge is 2.33. The summed E-state index contributed by atoms with van der Waals surface area (Å²) in [5.74, 6) is -0.0583. The van der Waals surface area contributed by atoms with Crippen LogP contribution in [0, 0.1) is 10.1 Å². The minimum atomic E-state index is -3.73. The van der Waals surface area contributed by atoms with Gasteiger partial charge in [-0.25, -0.2) is 8.42 Å². The van der Waals surface area contributed by atoms with Gasteiger partial charge in [-0.15, -0.1) is 12.4 Å². The monoisotopic (exact) mass is 379 g/mol. The van der Waals surface area contributed by atoms with Gasteiger partial charge in [-0.05, 0) is 25.5 Å². The zero-order chi connectivity index (χ0) is 17.0. The Kier molecular flexibility index (Phi) is 7.40. The van der Waals surface area contributed by atoms with Gasteiger partial charge in [0.25, 0.3) is 0 Å². The molecule has 1 atom stereocenters. The Hall–Kier alpha value is -1.42. The molecule has 0 spiro atoms. The first-order valence-corrected chi connectivity index (χ1v) is 8.90. The van der Waals surface area contributed by atoms with Gasteiger partial charge in [-0.2, -0.15) is 4.31 Å². The number of nitrogens with zero attached hydrogens (tertiary/aromatic N) is 2. The van der Waals surface area contributed by atoms with Crippen LogP contribution in [0.3, 0.4) is 0 Å². The van der Waals surface area contributed by atoms with E-state index < -0.39 is 14.9 Å². The first-order chi connectivity index (χ1) is 10.9. The van der Waals surface area contributed by atoms with Crippen LogP contribution in [0.25, 0.3) is 0 Å². The summed E-state index contributed by atoms with van der Waals surface area (Å²) in [5, 5.41) is 14.1. The van der Waals surface area contributed by atoms with E-state index in [4.69, 9.17) is 4.74 Å². The molecular formula is C14H22ClN3O5S. The number of ether oxygens (including phenoxy) is 1. The molecule has 1 aromatic carbocycles. The Labute approximate surface area is 147 Å². The third kappa shape index (κ3) is 4.15. The summed E-state index contributed by atoms with van der Waals surface area (Å²) in [5.41, 5.74) is -0.254. The number of hydrogen-bond donors (Lipinski definition) is 1. The van der Waals surface area contributed by atoms with E-state index >= 15 is 0 Å². The number of rotatable bonds is 7. The molecule has 8 nitrogen and oxygen atoms in total. The molecular weight excluding hydrogens is 358 g/mol. The largest absolute Gasteiger partial charge is 0.490 e. The highest BCUT2D eigenvalue weighted by molar-refractivity contribution is 7.89. The Bertz CT molecular complexity index is 677. The van der Waals surface area contributed by atoms with Crippen molar-refractivity contribution in [3.8, 4) is 5.75 Å². The smallest absolute Gasteiger partial charge is 0.310 e. The van der Waals surface area contributed by atoms with Gasteiger partial charge >= 0.3 is 5.69 Å². The fourth-order valence-electron chi connectivity index (χ4n) is 2.71. The molecule has 0 aliphatic carbocycles. The van der Waals surface area contributed by atoms with E-state index in [0.717, 1.165) is 13.0 Å². The van der Waals surface area contributed by atoms with Crippen LogP contribution in [0.4, 0.5) is 5.69 Å². The van der Waals surface area contributed by atoms with Gasteiger partial charge in [0.05, 0.1) is 16.9 Å². The molecule has 1 aromatic rings. The maximum absolute atomic E-state index is 12.9. The number of sulfonamides is 1. The lowest BCUT2D eigenvalue weighted by Gasteiger charge is -2.27. The van der Waals surface area contributed by atoms with E-state index in [1.165, 1.54) is 29.6 Å². The van der Waals surface area contributed by atoms with Crippen molar-refractivity contribution in [2.75, 3.05) is 26.7 Å². The number of halogens is 1. The van der Waals surface area contributed by atoms with E-state index in [9.17, 15) is 18.5 Å². The zero-order valence-electron chi connectivity index (χ0n) is 13.6. The molecule has 1 saturated heterocycles. The van der Waals surface area contributed by atoms with Crippen molar-refractivity contribution in [3.63, 3.8) is 0 Å². The Morgan fingerprint density at radius 2 is 2.17 bits per heavy atom. The second-order valence-electron chi connectivity index (χ2n) is 5.35. The first kappa shape index (κ1) is 20.6. The maximum Gasteiger partial charge on any atom is 0.310 e. The van der Waals surface area contributed by atoms with Crippen molar-refractivity contribution >= 4 is 28.1 Å². The molecule has 1 fully saturated rings. The van der Waals surface area contributed by atoms with Crippen molar-refractivity contribution in [2.24, 2.45) is 0 Å². The van der Waals surface area contributed by atoms with E-state index in [2.05, 4.69) is 5.32 Å². The number of nitrogens with one attached hydrogen (secondary N) is 1. The first-order valence-electron chi connectivity index (χ1n) is 7.46. The summed E-state index contributed by atoms with van der Waals surface area (Å²) in [6, 6.07) is 3.56. The minimum absolute atomic E-state index is 0. The van der Waals surface area contributed by atoms with Crippen molar-refractivity contribution in [2.45, 2.75) is 30.7 Å². The predicted molar refractivity (Wildman–Crippen MR) is 92.4 cm³/mol. The van der Waals surface area contributed by atoms with E-state index in [0.29, 0.717) is 19.5 Å². The van der Waals surface area contributed by atoms with Crippen LogP contribution in [0.1, 0.15) is 19.8 Å². The third-order valence-electron chi connectivity index (χ3n) is 3.84. The van der Waals surface area contributed by atoms with Gasteiger partial charge in [0.15, 0.2) is 5.75 Å². The van der Waals surface area contributed by atoms with Crippen LogP contribution in [0.15, 0.2) is 23.1 Å². The molecule has 1 heterocycles. The summed E-state index contributed by atoms with van der Waals surface area (Å²) in [6.07, 6.45) is 1.45. The Morgan fingerprint density at radius 1 is 1.46 bits per heavy atom. The Balaban J connectivity index is 0.00000288. The van der Waals surface area contributed by atoms with Gasteiger partial charge in [0.1, 0.15) is 0 Å². The maximum atomic E-state index is 12.9. The molecule has 24 heavy (non-hydrogen) atoms. The van der Waals surface area contributed by atoms with Crippen molar-refractivity contribution in [1.82, 2.24) is 9.62 Å². The quantitative estimate of drug-likeness (QED) is 0.572. The normalized spacial score (nSPS) is 17.5. The summed E-state index contributed by atoms with van der Waals surface area (Å²) in [7, 11) is -2.45. The Morgan fingerprint density at radius 3 is 2.67 bits per heavy atom. The van der Waals surface area contributed by atoms with Crippen LogP contribution in [-0.4, -0.2) is 50.4 Å².